The van der Waals surface area contributed by atoms with Gasteiger partial charge in [0, 0.05) is 19.6 Å². The fraction of sp³-hybridized carbons (Fsp3) is 0.786. The number of halogens is 3. The monoisotopic (exact) mass is 333 g/mol. The van der Waals surface area contributed by atoms with E-state index in [4.69, 9.17) is 0 Å². The molecule has 1 aromatic rings. The van der Waals surface area contributed by atoms with E-state index >= 15 is 0 Å². The Morgan fingerprint density at radius 2 is 1.91 bits per heavy atom. The molecule has 0 radical (unpaired) electrons. The van der Waals surface area contributed by atoms with Crippen LogP contribution in [0.5, 0.6) is 0 Å². The van der Waals surface area contributed by atoms with Gasteiger partial charge in [-0.05, 0) is 11.3 Å². The van der Waals surface area contributed by atoms with Crippen LogP contribution in [0.2, 0.25) is 0 Å². The maximum Gasteiger partial charge on any atom is 0.451 e. The second-order valence-electron chi connectivity index (χ2n) is 6.96. The van der Waals surface area contributed by atoms with Crippen molar-refractivity contribution >= 4 is 6.03 Å². The van der Waals surface area contributed by atoms with Crippen LogP contribution in [0.15, 0.2) is 0 Å². The van der Waals surface area contributed by atoms with Crippen molar-refractivity contribution < 1.29 is 18.0 Å². The van der Waals surface area contributed by atoms with Gasteiger partial charge < -0.3 is 14.8 Å². The summed E-state index contributed by atoms with van der Waals surface area (Å²) in [6.45, 7) is 9.09. The Kier molecular flexibility index (Phi) is 4.59. The van der Waals surface area contributed by atoms with Crippen LogP contribution in [0.25, 0.3) is 0 Å². The third-order valence-corrected chi connectivity index (χ3v) is 4.33. The molecule has 23 heavy (non-hydrogen) atoms. The van der Waals surface area contributed by atoms with Crippen molar-refractivity contribution in [1.82, 2.24) is 25.0 Å². The molecule has 0 aromatic carbocycles. The van der Waals surface area contributed by atoms with Crippen molar-refractivity contribution in [3.05, 3.63) is 11.6 Å². The highest BCUT2D eigenvalue weighted by atomic mass is 19.4. The Labute approximate surface area is 133 Å². The van der Waals surface area contributed by atoms with Gasteiger partial charge in [0.25, 0.3) is 0 Å². The van der Waals surface area contributed by atoms with E-state index in [0.29, 0.717) is 6.54 Å². The highest BCUT2D eigenvalue weighted by Crippen LogP contribution is 2.29. The Hall–Kier alpha value is -1.80. The summed E-state index contributed by atoms with van der Waals surface area (Å²) in [6.07, 6.45) is -4.53. The molecule has 0 fully saturated rings. The number of hydrogen-bond acceptors (Lipinski definition) is 3. The average molecular weight is 333 g/mol. The van der Waals surface area contributed by atoms with E-state index in [1.807, 2.05) is 6.92 Å². The van der Waals surface area contributed by atoms with E-state index in [1.54, 1.807) is 0 Å². The molecule has 0 bridgehead atoms. The molecule has 0 unspecified atom stereocenters. The Balaban J connectivity index is 1.98. The second-order valence-corrected chi connectivity index (χ2v) is 6.96. The molecule has 2 heterocycles. The van der Waals surface area contributed by atoms with E-state index in [2.05, 4.69) is 36.3 Å². The molecule has 9 heteroatoms. The Bertz CT molecular complexity index is 576. The van der Waals surface area contributed by atoms with Crippen molar-refractivity contribution in [3.8, 4) is 0 Å². The maximum absolute atomic E-state index is 12.8. The summed E-state index contributed by atoms with van der Waals surface area (Å²) in [5, 5.41) is 9.59. The largest absolute Gasteiger partial charge is 0.451 e. The molecule has 1 aliphatic heterocycles. The van der Waals surface area contributed by atoms with Crippen molar-refractivity contribution in [2.45, 2.75) is 47.0 Å². The molecule has 0 saturated carbocycles. The number of rotatable bonds is 2. The van der Waals surface area contributed by atoms with E-state index in [1.165, 1.54) is 4.90 Å². The first kappa shape index (κ1) is 17.6. The molecule has 0 saturated heterocycles. The van der Waals surface area contributed by atoms with E-state index in [-0.39, 0.29) is 42.8 Å². The first-order valence-electron chi connectivity index (χ1n) is 7.52. The van der Waals surface area contributed by atoms with Gasteiger partial charge in [0.15, 0.2) is 5.82 Å². The molecule has 1 aliphatic rings. The highest BCUT2D eigenvalue weighted by Gasteiger charge is 2.39. The minimum Gasteiger partial charge on any atom is -0.338 e. The van der Waals surface area contributed by atoms with Gasteiger partial charge in [-0.3, -0.25) is 0 Å². The molecular weight excluding hydrogens is 311 g/mol. The zero-order valence-corrected chi connectivity index (χ0v) is 13.7. The van der Waals surface area contributed by atoms with Crippen LogP contribution in [0, 0.1) is 11.3 Å². The second kappa shape index (κ2) is 6.01. The van der Waals surface area contributed by atoms with Crippen LogP contribution in [0.3, 0.4) is 0 Å². The van der Waals surface area contributed by atoms with Crippen LogP contribution >= 0.6 is 0 Å². The molecule has 2 rings (SSSR count). The molecule has 0 spiro atoms. The van der Waals surface area contributed by atoms with Gasteiger partial charge in [0.2, 0.25) is 5.82 Å². The minimum absolute atomic E-state index is 0.0266. The van der Waals surface area contributed by atoms with Gasteiger partial charge in [0.05, 0.1) is 6.54 Å². The maximum atomic E-state index is 12.8. The van der Waals surface area contributed by atoms with Crippen LogP contribution in [0.1, 0.15) is 39.3 Å². The number of hydrogen-bond donors (Lipinski definition) is 1. The van der Waals surface area contributed by atoms with Crippen LogP contribution in [-0.4, -0.2) is 38.8 Å². The first-order valence-corrected chi connectivity index (χ1v) is 7.52. The number of carbonyl (C=O) groups excluding carboxylic acids is 1. The number of nitrogens with one attached hydrogen (secondary N) is 1. The van der Waals surface area contributed by atoms with E-state index < -0.39 is 12.0 Å². The number of amides is 2. The zero-order chi connectivity index (χ0) is 17.4. The third-order valence-electron chi connectivity index (χ3n) is 4.33. The molecule has 1 aromatic heterocycles. The molecular formula is C14H22F3N5O. The van der Waals surface area contributed by atoms with Gasteiger partial charge in [-0.25, -0.2) is 4.79 Å². The average Bonchev–Trinajstić information content (AvgIpc) is 2.86. The molecule has 6 nitrogen and oxygen atoms in total. The van der Waals surface area contributed by atoms with E-state index in [0.717, 1.165) is 4.57 Å². The summed E-state index contributed by atoms with van der Waals surface area (Å²) >= 11 is 0. The lowest BCUT2D eigenvalue weighted by molar-refractivity contribution is -0.147. The topological polar surface area (TPSA) is 63.1 Å². The van der Waals surface area contributed by atoms with Crippen LogP contribution in [-0.2, 0) is 19.3 Å². The predicted molar refractivity (Wildman–Crippen MR) is 77.5 cm³/mol. The van der Waals surface area contributed by atoms with Gasteiger partial charge in [-0.15, -0.1) is 10.2 Å². The minimum atomic E-state index is -4.53. The highest BCUT2D eigenvalue weighted by molar-refractivity contribution is 5.74. The Morgan fingerprint density at radius 1 is 1.26 bits per heavy atom. The molecule has 130 valence electrons. The molecule has 1 atom stereocenters. The fourth-order valence-corrected chi connectivity index (χ4v) is 2.20. The van der Waals surface area contributed by atoms with Gasteiger partial charge in [-0.2, -0.15) is 13.2 Å². The molecule has 1 N–H and O–H groups in total. The van der Waals surface area contributed by atoms with Crippen LogP contribution in [0.4, 0.5) is 18.0 Å². The number of urea groups is 1. The summed E-state index contributed by atoms with van der Waals surface area (Å²) in [7, 11) is 0. The fourth-order valence-electron chi connectivity index (χ4n) is 2.20. The van der Waals surface area contributed by atoms with Crippen molar-refractivity contribution in [2.24, 2.45) is 11.3 Å². The summed E-state index contributed by atoms with van der Waals surface area (Å²) in [6, 6.07) is -0.288. The molecule has 0 aliphatic carbocycles. The van der Waals surface area contributed by atoms with Crippen molar-refractivity contribution in [1.29, 1.82) is 0 Å². The van der Waals surface area contributed by atoms with Gasteiger partial charge in [0.1, 0.15) is 0 Å². The number of alkyl halides is 3. The van der Waals surface area contributed by atoms with Crippen molar-refractivity contribution in [2.75, 3.05) is 13.1 Å². The van der Waals surface area contributed by atoms with Gasteiger partial charge >= 0.3 is 12.2 Å². The summed E-state index contributed by atoms with van der Waals surface area (Å²) in [5.41, 5.74) is 0.0664. The number of nitrogens with zero attached hydrogens (tertiary/aromatic N) is 4. The SMILES string of the molecule is C[C@H](CNC(=O)N1CCn2c(nnc2C(F)(F)F)C1)C(C)(C)C. The lowest BCUT2D eigenvalue weighted by Gasteiger charge is -2.31. The third kappa shape index (κ3) is 3.94. The summed E-state index contributed by atoms with van der Waals surface area (Å²) < 4.78 is 39.3. The normalized spacial score (nSPS) is 16.9. The zero-order valence-electron chi connectivity index (χ0n) is 13.7. The first-order chi connectivity index (χ1) is 10.5. The predicted octanol–water partition coefficient (Wildman–Crippen LogP) is 2.50. The lowest BCUT2D eigenvalue weighted by atomic mass is 9.82. The van der Waals surface area contributed by atoms with E-state index in [9.17, 15) is 18.0 Å². The number of carbonyl (C=O) groups is 1. The molecule has 2 amide bonds. The van der Waals surface area contributed by atoms with Gasteiger partial charge in [-0.1, -0.05) is 27.7 Å². The lowest BCUT2D eigenvalue weighted by Crippen LogP contribution is -2.46. The quantitative estimate of drug-likeness (QED) is 0.904. The number of aromatic nitrogens is 3. The van der Waals surface area contributed by atoms with Crippen LogP contribution < -0.4 is 5.32 Å². The number of fused-ring (bicyclic) bond motifs is 1. The standard InChI is InChI=1S/C14H22F3N5O/c1-9(13(2,3)4)7-18-12(23)21-5-6-22-10(8-21)19-20-11(22)14(15,16)17/h9H,5-8H2,1-4H3,(H,18,23)/t9-/m1/s1. The Morgan fingerprint density at radius 3 is 2.48 bits per heavy atom. The summed E-state index contributed by atoms with van der Waals surface area (Å²) in [4.78, 5) is 13.6. The summed E-state index contributed by atoms with van der Waals surface area (Å²) in [5.74, 6) is -0.576. The van der Waals surface area contributed by atoms with Crippen molar-refractivity contribution in [3.63, 3.8) is 0 Å². The smallest absolute Gasteiger partial charge is 0.338 e.